The zero-order valence-electron chi connectivity index (χ0n) is 9.89. The Hall–Kier alpha value is -0.770. The standard InChI is InChI=1S/C13H11BrCl2N2/c1-7-4-13(17-6-9(7)14)18-12-5-10(15)8(2)3-11(12)16/h3-6H,1-2H3,(H,17,18). The van der Waals surface area contributed by atoms with E-state index in [2.05, 4.69) is 26.2 Å². The van der Waals surface area contributed by atoms with Crippen molar-refractivity contribution in [1.82, 2.24) is 4.98 Å². The summed E-state index contributed by atoms with van der Waals surface area (Å²) in [5.41, 5.74) is 2.80. The molecule has 0 aliphatic heterocycles. The minimum Gasteiger partial charge on any atom is -0.339 e. The van der Waals surface area contributed by atoms with E-state index >= 15 is 0 Å². The van der Waals surface area contributed by atoms with Crippen LogP contribution in [-0.4, -0.2) is 4.98 Å². The summed E-state index contributed by atoms with van der Waals surface area (Å²) < 4.78 is 0.973. The molecule has 0 saturated carbocycles. The lowest BCUT2D eigenvalue weighted by molar-refractivity contribution is 1.25. The van der Waals surface area contributed by atoms with E-state index in [9.17, 15) is 0 Å². The van der Waals surface area contributed by atoms with E-state index in [0.29, 0.717) is 10.0 Å². The van der Waals surface area contributed by atoms with E-state index in [-0.39, 0.29) is 0 Å². The van der Waals surface area contributed by atoms with Gasteiger partial charge in [0.15, 0.2) is 0 Å². The average Bonchev–Trinajstić information content (AvgIpc) is 2.31. The first-order valence-corrected chi connectivity index (χ1v) is 6.87. The molecule has 0 saturated heterocycles. The molecule has 2 aromatic rings. The van der Waals surface area contributed by atoms with Crippen LogP contribution in [0.1, 0.15) is 11.1 Å². The lowest BCUT2D eigenvalue weighted by atomic mass is 10.2. The first-order valence-electron chi connectivity index (χ1n) is 5.32. The number of pyridine rings is 1. The molecule has 0 amide bonds. The molecule has 0 atom stereocenters. The van der Waals surface area contributed by atoms with Crippen molar-refractivity contribution in [2.45, 2.75) is 13.8 Å². The zero-order valence-corrected chi connectivity index (χ0v) is 13.0. The molecule has 0 radical (unpaired) electrons. The molecule has 0 fully saturated rings. The molecule has 1 heterocycles. The number of anilines is 2. The normalized spacial score (nSPS) is 10.5. The maximum atomic E-state index is 6.16. The lowest BCUT2D eigenvalue weighted by Gasteiger charge is -2.10. The Morgan fingerprint density at radius 1 is 1.06 bits per heavy atom. The highest BCUT2D eigenvalue weighted by Gasteiger charge is 2.06. The fourth-order valence-corrected chi connectivity index (χ4v) is 2.13. The molecule has 1 aromatic carbocycles. The number of rotatable bonds is 2. The van der Waals surface area contributed by atoms with Crippen LogP contribution >= 0.6 is 39.1 Å². The minimum absolute atomic E-state index is 0.624. The van der Waals surface area contributed by atoms with Gasteiger partial charge in [-0.2, -0.15) is 0 Å². The molecular weight excluding hydrogens is 335 g/mol. The van der Waals surface area contributed by atoms with E-state index in [4.69, 9.17) is 23.2 Å². The molecule has 0 aliphatic rings. The van der Waals surface area contributed by atoms with Gasteiger partial charge in [-0.15, -0.1) is 0 Å². The topological polar surface area (TPSA) is 24.9 Å². The minimum atomic E-state index is 0.624. The monoisotopic (exact) mass is 344 g/mol. The number of nitrogens with zero attached hydrogens (tertiary/aromatic N) is 1. The molecule has 18 heavy (non-hydrogen) atoms. The van der Waals surface area contributed by atoms with Crippen molar-refractivity contribution in [3.05, 3.63) is 50.0 Å². The maximum Gasteiger partial charge on any atom is 0.130 e. The Morgan fingerprint density at radius 2 is 1.78 bits per heavy atom. The summed E-state index contributed by atoms with van der Waals surface area (Å²) in [5.74, 6) is 0.734. The Bertz CT molecular complexity index is 600. The van der Waals surface area contributed by atoms with Crippen LogP contribution in [-0.2, 0) is 0 Å². The quantitative estimate of drug-likeness (QED) is 0.776. The van der Waals surface area contributed by atoms with Crippen molar-refractivity contribution in [1.29, 1.82) is 0 Å². The van der Waals surface area contributed by atoms with Gasteiger partial charge in [-0.05, 0) is 59.1 Å². The third-order valence-electron chi connectivity index (χ3n) is 2.56. The zero-order chi connectivity index (χ0) is 13.3. The second kappa shape index (κ2) is 5.47. The second-order valence-electron chi connectivity index (χ2n) is 4.02. The number of aryl methyl sites for hydroxylation is 2. The van der Waals surface area contributed by atoms with Crippen LogP contribution in [0.15, 0.2) is 28.9 Å². The van der Waals surface area contributed by atoms with E-state index in [0.717, 1.165) is 27.1 Å². The molecule has 0 unspecified atom stereocenters. The van der Waals surface area contributed by atoms with Crippen molar-refractivity contribution in [3.8, 4) is 0 Å². The first kappa shape index (κ1) is 13.7. The van der Waals surface area contributed by atoms with Gasteiger partial charge in [-0.3, -0.25) is 0 Å². The van der Waals surface area contributed by atoms with E-state index in [1.807, 2.05) is 26.0 Å². The molecule has 5 heteroatoms. The van der Waals surface area contributed by atoms with E-state index < -0.39 is 0 Å². The summed E-state index contributed by atoms with van der Waals surface area (Å²) in [6.07, 6.45) is 1.75. The van der Waals surface area contributed by atoms with Crippen molar-refractivity contribution >= 4 is 50.6 Å². The van der Waals surface area contributed by atoms with Crippen LogP contribution in [0.3, 0.4) is 0 Å². The van der Waals surface area contributed by atoms with Gasteiger partial charge in [-0.1, -0.05) is 23.2 Å². The van der Waals surface area contributed by atoms with Gasteiger partial charge in [0.25, 0.3) is 0 Å². The molecule has 1 aromatic heterocycles. The molecule has 0 spiro atoms. The van der Waals surface area contributed by atoms with Gasteiger partial charge < -0.3 is 5.32 Å². The largest absolute Gasteiger partial charge is 0.339 e. The van der Waals surface area contributed by atoms with Gasteiger partial charge in [0.1, 0.15) is 5.82 Å². The van der Waals surface area contributed by atoms with Crippen LogP contribution < -0.4 is 5.32 Å². The Labute approximate surface area is 124 Å². The first-order chi connectivity index (χ1) is 8.47. The second-order valence-corrected chi connectivity index (χ2v) is 5.69. The van der Waals surface area contributed by atoms with Gasteiger partial charge in [0, 0.05) is 15.7 Å². The van der Waals surface area contributed by atoms with Crippen LogP contribution in [0, 0.1) is 13.8 Å². The number of hydrogen-bond acceptors (Lipinski definition) is 2. The van der Waals surface area contributed by atoms with Gasteiger partial charge >= 0.3 is 0 Å². The summed E-state index contributed by atoms with van der Waals surface area (Å²) in [6.45, 7) is 3.92. The number of hydrogen-bond donors (Lipinski definition) is 1. The molecule has 1 N–H and O–H groups in total. The van der Waals surface area contributed by atoms with Gasteiger partial charge in [0.2, 0.25) is 0 Å². The van der Waals surface area contributed by atoms with Crippen molar-refractivity contribution < 1.29 is 0 Å². The van der Waals surface area contributed by atoms with Crippen LogP contribution in [0.2, 0.25) is 10.0 Å². The fourth-order valence-electron chi connectivity index (χ4n) is 1.49. The summed E-state index contributed by atoms with van der Waals surface area (Å²) in [5, 5.41) is 4.46. The number of nitrogens with one attached hydrogen (secondary N) is 1. The summed E-state index contributed by atoms with van der Waals surface area (Å²) >= 11 is 15.7. The molecular formula is C13H11BrCl2N2. The van der Waals surface area contributed by atoms with Crippen molar-refractivity contribution in [2.75, 3.05) is 5.32 Å². The summed E-state index contributed by atoms with van der Waals surface area (Å²) in [7, 11) is 0. The van der Waals surface area contributed by atoms with E-state index in [1.54, 1.807) is 12.3 Å². The highest BCUT2D eigenvalue weighted by Crippen LogP contribution is 2.31. The van der Waals surface area contributed by atoms with Crippen LogP contribution in [0.4, 0.5) is 11.5 Å². The smallest absolute Gasteiger partial charge is 0.130 e. The Balaban J connectivity index is 2.34. The predicted octanol–water partition coefficient (Wildman–Crippen LogP) is 5.51. The maximum absolute atomic E-state index is 6.16. The Kier molecular flexibility index (Phi) is 4.15. The highest BCUT2D eigenvalue weighted by molar-refractivity contribution is 9.10. The number of benzene rings is 1. The molecule has 2 rings (SSSR count). The molecule has 2 nitrogen and oxygen atoms in total. The van der Waals surface area contributed by atoms with Gasteiger partial charge in [0.05, 0.1) is 10.7 Å². The highest BCUT2D eigenvalue weighted by atomic mass is 79.9. The molecule has 0 bridgehead atoms. The van der Waals surface area contributed by atoms with Crippen LogP contribution in [0.5, 0.6) is 0 Å². The van der Waals surface area contributed by atoms with Crippen molar-refractivity contribution in [3.63, 3.8) is 0 Å². The average molecular weight is 346 g/mol. The summed E-state index contributed by atoms with van der Waals surface area (Å²) in [6, 6.07) is 5.57. The molecule has 94 valence electrons. The summed E-state index contributed by atoms with van der Waals surface area (Å²) in [4.78, 5) is 4.27. The lowest BCUT2D eigenvalue weighted by Crippen LogP contribution is -1.95. The number of aromatic nitrogens is 1. The van der Waals surface area contributed by atoms with E-state index in [1.165, 1.54) is 0 Å². The fraction of sp³-hybridized carbons (Fsp3) is 0.154. The predicted molar refractivity (Wildman–Crippen MR) is 81.2 cm³/mol. The Morgan fingerprint density at radius 3 is 2.44 bits per heavy atom. The third kappa shape index (κ3) is 2.97. The number of halogens is 3. The molecule has 0 aliphatic carbocycles. The van der Waals surface area contributed by atoms with Crippen LogP contribution in [0.25, 0.3) is 0 Å². The SMILES string of the molecule is Cc1cc(Cl)c(Nc2cc(C)c(Br)cn2)cc1Cl. The third-order valence-corrected chi connectivity index (χ3v) is 4.11. The van der Waals surface area contributed by atoms with Gasteiger partial charge in [-0.25, -0.2) is 4.98 Å². The van der Waals surface area contributed by atoms with Crippen molar-refractivity contribution in [2.24, 2.45) is 0 Å².